The molecule has 0 spiro atoms. The molecule has 3 amide bonds. The third-order valence-corrected chi connectivity index (χ3v) is 8.76. The van der Waals surface area contributed by atoms with Crippen molar-refractivity contribution < 1.29 is 14.4 Å². The monoisotopic (exact) mass is 603 g/mol. The minimum absolute atomic E-state index is 0.0404. The van der Waals surface area contributed by atoms with Gasteiger partial charge in [0.1, 0.15) is 11.4 Å². The molecule has 6 aromatic rings. The van der Waals surface area contributed by atoms with Gasteiger partial charge in [-0.3, -0.25) is 14.4 Å². The van der Waals surface area contributed by atoms with Crippen LogP contribution in [0.15, 0.2) is 78.9 Å². The van der Waals surface area contributed by atoms with Crippen LogP contribution in [0, 0.1) is 6.92 Å². The Kier molecular flexibility index (Phi) is 6.86. The zero-order valence-corrected chi connectivity index (χ0v) is 25.0. The highest BCUT2D eigenvalue weighted by Gasteiger charge is 2.35. The Bertz CT molecular complexity index is 2130. The second-order valence-electron chi connectivity index (χ2n) is 11.3. The molecule has 1 aliphatic heterocycles. The molecular formula is C35H30ClN5O3. The van der Waals surface area contributed by atoms with Crippen LogP contribution in [0.5, 0.6) is 0 Å². The van der Waals surface area contributed by atoms with Gasteiger partial charge >= 0.3 is 0 Å². The third-order valence-electron chi connectivity index (χ3n) is 8.38. The summed E-state index contributed by atoms with van der Waals surface area (Å²) in [5.74, 6) is -0.0280. The number of nitrogens with zero attached hydrogens (tertiary/aromatic N) is 1. The molecule has 7 rings (SSSR count). The first kappa shape index (κ1) is 27.7. The second-order valence-corrected chi connectivity index (χ2v) is 11.6. The Morgan fingerprint density at radius 1 is 0.841 bits per heavy atom. The summed E-state index contributed by atoms with van der Waals surface area (Å²) in [5.41, 5.74) is 6.87. The van der Waals surface area contributed by atoms with Crippen molar-refractivity contribution in [3.05, 3.63) is 101 Å². The molecule has 4 aromatic carbocycles. The number of halogens is 1. The zero-order valence-electron chi connectivity index (χ0n) is 24.3. The molecule has 1 unspecified atom stereocenters. The van der Waals surface area contributed by atoms with E-state index in [0.29, 0.717) is 41.6 Å². The van der Waals surface area contributed by atoms with Crippen LogP contribution >= 0.6 is 11.6 Å². The summed E-state index contributed by atoms with van der Waals surface area (Å²) >= 11 is 6.41. The Morgan fingerprint density at radius 2 is 1.48 bits per heavy atom. The van der Waals surface area contributed by atoms with Gasteiger partial charge < -0.3 is 25.5 Å². The second kappa shape index (κ2) is 10.9. The number of carbonyl (C=O) groups is 3. The summed E-state index contributed by atoms with van der Waals surface area (Å²) in [6.07, 6.45) is 0.387. The smallest absolute Gasteiger partial charge is 0.274 e. The van der Waals surface area contributed by atoms with E-state index < -0.39 is 0 Å². The number of rotatable bonds is 6. The van der Waals surface area contributed by atoms with Crippen molar-refractivity contribution in [3.63, 3.8) is 0 Å². The molecule has 0 fully saturated rings. The Balaban J connectivity index is 1.13. The lowest BCUT2D eigenvalue weighted by atomic mass is 9.93. The fraction of sp³-hybridized carbons (Fsp3) is 0.171. The fourth-order valence-corrected chi connectivity index (χ4v) is 6.44. The summed E-state index contributed by atoms with van der Waals surface area (Å²) in [6.45, 7) is 4.37. The van der Waals surface area contributed by atoms with Crippen molar-refractivity contribution in [2.45, 2.75) is 26.2 Å². The average Bonchev–Trinajstić information content (AvgIpc) is 3.75. The Hall–Kier alpha value is -5.08. The van der Waals surface area contributed by atoms with Gasteiger partial charge in [0.25, 0.3) is 11.8 Å². The van der Waals surface area contributed by atoms with E-state index in [1.54, 1.807) is 25.1 Å². The fourth-order valence-electron chi connectivity index (χ4n) is 6.19. The molecule has 4 N–H and O–H groups in total. The van der Waals surface area contributed by atoms with Gasteiger partial charge in [0.15, 0.2) is 0 Å². The van der Waals surface area contributed by atoms with Crippen LogP contribution in [-0.2, 0) is 4.79 Å². The summed E-state index contributed by atoms with van der Waals surface area (Å²) in [5, 5.41) is 9.72. The highest BCUT2D eigenvalue weighted by atomic mass is 35.5. The normalized spacial score (nSPS) is 14.3. The maximum absolute atomic E-state index is 13.9. The molecule has 0 bridgehead atoms. The Labute approximate surface area is 258 Å². The predicted molar refractivity (Wildman–Crippen MR) is 177 cm³/mol. The molecule has 3 heterocycles. The molecule has 1 atom stereocenters. The maximum atomic E-state index is 13.9. The molecule has 1 aliphatic rings. The maximum Gasteiger partial charge on any atom is 0.274 e. The van der Waals surface area contributed by atoms with Crippen molar-refractivity contribution in [2.75, 3.05) is 28.0 Å². The number of hydrogen-bond donors (Lipinski definition) is 4. The molecule has 8 nitrogen and oxygen atoms in total. The van der Waals surface area contributed by atoms with E-state index >= 15 is 0 Å². The quantitative estimate of drug-likeness (QED) is 0.146. The van der Waals surface area contributed by atoms with Gasteiger partial charge in [-0.15, -0.1) is 11.6 Å². The number of nitrogens with one attached hydrogen (secondary N) is 4. The van der Waals surface area contributed by atoms with Crippen molar-refractivity contribution in [3.8, 4) is 0 Å². The number of aromatic amines is 2. The molecule has 2 aromatic heterocycles. The van der Waals surface area contributed by atoms with Crippen LogP contribution in [0.2, 0.25) is 0 Å². The highest BCUT2D eigenvalue weighted by Crippen LogP contribution is 2.43. The lowest BCUT2D eigenvalue weighted by Gasteiger charge is -2.18. The van der Waals surface area contributed by atoms with Gasteiger partial charge in [0.2, 0.25) is 5.91 Å². The van der Waals surface area contributed by atoms with Crippen LogP contribution in [0.1, 0.15) is 51.4 Å². The van der Waals surface area contributed by atoms with Gasteiger partial charge in [-0.2, -0.15) is 0 Å². The number of alkyl halides is 1. The first-order valence-corrected chi connectivity index (χ1v) is 15.1. The topological polar surface area (TPSA) is 110 Å². The third kappa shape index (κ3) is 4.77. The lowest BCUT2D eigenvalue weighted by molar-refractivity contribution is -0.115. The van der Waals surface area contributed by atoms with Crippen molar-refractivity contribution in [2.24, 2.45) is 0 Å². The van der Waals surface area contributed by atoms with Crippen LogP contribution in [0.25, 0.3) is 32.6 Å². The largest absolute Gasteiger partial charge is 0.351 e. The summed E-state index contributed by atoms with van der Waals surface area (Å²) in [6, 6.07) is 24.9. The first-order chi connectivity index (χ1) is 21.3. The number of aromatic nitrogens is 2. The van der Waals surface area contributed by atoms with Crippen molar-refractivity contribution >= 4 is 79.0 Å². The number of fused-ring (bicyclic) bond motifs is 5. The number of benzene rings is 4. The van der Waals surface area contributed by atoms with Crippen LogP contribution in [-0.4, -0.2) is 40.1 Å². The molecule has 9 heteroatoms. The molecule has 0 saturated heterocycles. The number of amides is 3. The predicted octanol–water partition coefficient (Wildman–Crippen LogP) is 7.69. The molecule has 0 aliphatic carbocycles. The summed E-state index contributed by atoms with van der Waals surface area (Å²) < 4.78 is 0. The van der Waals surface area contributed by atoms with Crippen molar-refractivity contribution in [1.29, 1.82) is 0 Å². The number of aryl methyl sites for hydroxylation is 1. The average molecular weight is 604 g/mol. The van der Waals surface area contributed by atoms with E-state index in [1.807, 2.05) is 47.4 Å². The Morgan fingerprint density at radius 3 is 2.16 bits per heavy atom. The van der Waals surface area contributed by atoms with Crippen LogP contribution in [0.4, 0.5) is 17.1 Å². The minimum Gasteiger partial charge on any atom is -0.351 e. The molecule has 44 heavy (non-hydrogen) atoms. The van der Waals surface area contributed by atoms with Crippen LogP contribution < -0.4 is 15.5 Å². The van der Waals surface area contributed by atoms with E-state index in [9.17, 15) is 14.4 Å². The summed E-state index contributed by atoms with van der Waals surface area (Å²) in [7, 11) is 0. The molecule has 0 radical (unpaired) electrons. The lowest BCUT2D eigenvalue weighted by Crippen LogP contribution is -2.30. The standard InChI is InChI=1S/C35H30ClN5O3/c1-3-32(42)37-23-8-10-27-20(13-23)15-29(39-27)34(43)38-24-9-11-28-21(14-24)16-30(40-28)35(44)41-18-22(17-36)33-26-7-5-4-6-25(26)19(2)12-31(33)41/h4-16,22,39-40H,3,17-18H2,1-2H3,(H,37,42)(H,38,43). The molecule has 220 valence electrons. The van der Waals surface area contributed by atoms with E-state index in [-0.39, 0.29) is 23.6 Å². The molecular weight excluding hydrogens is 574 g/mol. The minimum atomic E-state index is -0.296. The van der Waals surface area contributed by atoms with Gasteiger partial charge in [-0.05, 0) is 83.4 Å². The van der Waals surface area contributed by atoms with Gasteiger partial charge in [0.05, 0.1) is 0 Å². The first-order valence-electron chi connectivity index (χ1n) is 14.6. The van der Waals surface area contributed by atoms with E-state index in [0.717, 1.165) is 44.0 Å². The van der Waals surface area contributed by atoms with E-state index in [4.69, 9.17) is 11.6 Å². The van der Waals surface area contributed by atoms with Crippen LogP contribution in [0.3, 0.4) is 0 Å². The highest BCUT2D eigenvalue weighted by molar-refractivity contribution is 6.19. The molecule has 0 saturated carbocycles. The number of hydrogen-bond acceptors (Lipinski definition) is 3. The number of H-pyrrole nitrogens is 2. The van der Waals surface area contributed by atoms with Gasteiger partial charge in [-0.25, -0.2) is 0 Å². The number of carbonyl (C=O) groups excluding carboxylic acids is 3. The van der Waals surface area contributed by atoms with Gasteiger partial charge in [-0.1, -0.05) is 31.2 Å². The SMILES string of the molecule is CCC(=O)Nc1ccc2[nH]c(C(=O)Nc3ccc4[nH]c(C(=O)N5CC(CCl)c6c5cc(C)c5ccccc65)cc4c3)cc2c1. The van der Waals surface area contributed by atoms with Crippen molar-refractivity contribution in [1.82, 2.24) is 9.97 Å². The number of anilines is 3. The van der Waals surface area contributed by atoms with Gasteiger partial charge in [0, 0.05) is 63.6 Å². The van der Waals surface area contributed by atoms with E-state index in [1.165, 1.54) is 5.39 Å². The zero-order chi connectivity index (χ0) is 30.5. The summed E-state index contributed by atoms with van der Waals surface area (Å²) in [4.78, 5) is 47.0. The van der Waals surface area contributed by atoms with E-state index in [2.05, 4.69) is 45.7 Å².